The SMILES string of the molecule is CNS(=O)(=O)c1cccc(C(=O)Nc2ncc(Cc3ccc(Br)cc3)s2)c1. The first kappa shape index (κ1) is 19.7. The molecule has 1 heterocycles. The molecule has 3 aromatic rings. The molecule has 0 unspecified atom stereocenters. The van der Waals surface area contributed by atoms with Gasteiger partial charge in [-0.2, -0.15) is 0 Å². The smallest absolute Gasteiger partial charge is 0.257 e. The highest BCUT2D eigenvalue weighted by Crippen LogP contribution is 2.23. The molecule has 0 aliphatic rings. The molecular formula is C18H16BrN3O3S2. The van der Waals surface area contributed by atoms with Crippen LogP contribution in [0.15, 0.2) is 64.1 Å². The number of sulfonamides is 1. The van der Waals surface area contributed by atoms with E-state index < -0.39 is 15.9 Å². The number of amides is 1. The average Bonchev–Trinajstić information content (AvgIpc) is 3.10. The van der Waals surface area contributed by atoms with Gasteiger partial charge in [0.05, 0.1) is 4.90 Å². The Kier molecular flexibility index (Phi) is 6.05. The van der Waals surface area contributed by atoms with Crippen molar-refractivity contribution in [2.75, 3.05) is 12.4 Å². The molecule has 0 saturated heterocycles. The summed E-state index contributed by atoms with van der Waals surface area (Å²) < 4.78 is 27.0. The average molecular weight is 466 g/mol. The van der Waals surface area contributed by atoms with Crippen LogP contribution >= 0.6 is 27.3 Å². The van der Waals surface area contributed by atoms with Gasteiger partial charge in [0.2, 0.25) is 10.0 Å². The molecule has 140 valence electrons. The van der Waals surface area contributed by atoms with Crippen molar-refractivity contribution in [2.45, 2.75) is 11.3 Å². The van der Waals surface area contributed by atoms with Gasteiger partial charge in [-0.1, -0.05) is 34.1 Å². The summed E-state index contributed by atoms with van der Waals surface area (Å²) in [5.74, 6) is -0.410. The van der Waals surface area contributed by atoms with Gasteiger partial charge in [-0.25, -0.2) is 18.1 Å². The molecule has 2 aromatic carbocycles. The van der Waals surface area contributed by atoms with E-state index in [0.29, 0.717) is 5.13 Å². The molecule has 0 bridgehead atoms. The van der Waals surface area contributed by atoms with Crippen molar-refractivity contribution in [1.29, 1.82) is 0 Å². The number of carbonyl (C=O) groups excluding carboxylic acids is 1. The fourth-order valence-electron chi connectivity index (χ4n) is 2.34. The molecule has 0 atom stereocenters. The summed E-state index contributed by atoms with van der Waals surface area (Å²) in [5.41, 5.74) is 1.39. The second-order valence-electron chi connectivity index (χ2n) is 5.62. The monoisotopic (exact) mass is 465 g/mol. The Balaban J connectivity index is 1.71. The summed E-state index contributed by atoms with van der Waals surface area (Å²) in [7, 11) is -2.28. The van der Waals surface area contributed by atoms with Crippen molar-refractivity contribution in [1.82, 2.24) is 9.71 Å². The minimum atomic E-state index is -3.61. The van der Waals surface area contributed by atoms with Crippen LogP contribution in [0.4, 0.5) is 5.13 Å². The lowest BCUT2D eigenvalue weighted by Crippen LogP contribution is -2.19. The largest absolute Gasteiger partial charge is 0.298 e. The van der Waals surface area contributed by atoms with Crippen molar-refractivity contribution >= 4 is 48.3 Å². The molecule has 6 nitrogen and oxygen atoms in total. The molecule has 27 heavy (non-hydrogen) atoms. The highest BCUT2D eigenvalue weighted by molar-refractivity contribution is 9.10. The van der Waals surface area contributed by atoms with Crippen LogP contribution in [0.1, 0.15) is 20.8 Å². The van der Waals surface area contributed by atoms with E-state index in [1.54, 1.807) is 12.3 Å². The Morgan fingerprint density at radius 3 is 2.63 bits per heavy atom. The van der Waals surface area contributed by atoms with E-state index in [2.05, 4.69) is 31.0 Å². The van der Waals surface area contributed by atoms with Gasteiger partial charge in [0, 0.05) is 27.5 Å². The van der Waals surface area contributed by atoms with E-state index in [-0.39, 0.29) is 10.5 Å². The van der Waals surface area contributed by atoms with Crippen LogP contribution in [0, 0.1) is 0 Å². The lowest BCUT2D eigenvalue weighted by Gasteiger charge is -2.05. The highest BCUT2D eigenvalue weighted by Gasteiger charge is 2.15. The van der Waals surface area contributed by atoms with Crippen molar-refractivity contribution in [3.05, 3.63) is 75.2 Å². The standard InChI is InChI=1S/C18H16BrN3O3S2/c1-20-27(24,25)16-4-2-3-13(10-16)17(23)22-18-21-11-15(26-18)9-12-5-7-14(19)8-6-12/h2-8,10-11,20H,9H2,1H3,(H,21,22,23). The number of nitrogens with one attached hydrogen (secondary N) is 2. The quantitative estimate of drug-likeness (QED) is 0.581. The molecule has 2 N–H and O–H groups in total. The molecule has 3 rings (SSSR count). The summed E-state index contributed by atoms with van der Waals surface area (Å²) in [5, 5.41) is 3.18. The van der Waals surface area contributed by atoms with Gasteiger partial charge in [-0.05, 0) is 42.9 Å². The number of halogens is 1. The maximum atomic E-state index is 12.4. The van der Waals surface area contributed by atoms with Gasteiger partial charge in [-0.15, -0.1) is 11.3 Å². The lowest BCUT2D eigenvalue weighted by atomic mass is 10.1. The molecule has 9 heteroatoms. The van der Waals surface area contributed by atoms with Crippen molar-refractivity contribution in [2.24, 2.45) is 0 Å². The lowest BCUT2D eigenvalue weighted by molar-refractivity contribution is 0.102. The van der Waals surface area contributed by atoms with Gasteiger partial charge in [-0.3, -0.25) is 10.1 Å². The van der Waals surface area contributed by atoms with E-state index in [9.17, 15) is 13.2 Å². The summed E-state index contributed by atoms with van der Waals surface area (Å²) >= 11 is 4.79. The van der Waals surface area contributed by atoms with Gasteiger partial charge < -0.3 is 0 Å². The van der Waals surface area contributed by atoms with Gasteiger partial charge in [0.25, 0.3) is 5.91 Å². The third-order valence-electron chi connectivity index (χ3n) is 3.74. The molecule has 0 saturated carbocycles. The van der Waals surface area contributed by atoms with Crippen LogP contribution in [0.25, 0.3) is 0 Å². The number of hydrogen-bond donors (Lipinski definition) is 2. The van der Waals surface area contributed by atoms with Gasteiger partial charge in [0.15, 0.2) is 5.13 Å². The van der Waals surface area contributed by atoms with Crippen molar-refractivity contribution < 1.29 is 13.2 Å². The van der Waals surface area contributed by atoms with Crippen LogP contribution in [-0.2, 0) is 16.4 Å². The van der Waals surface area contributed by atoms with E-state index in [4.69, 9.17) is 0 Å². The van der Waals surface area contributed by atoms with E-state index in [1.807, 2.05) is 24.3 Å². The number of nitrogens with zero attached hydrogens (tertiary/aromatic N) is 1. The zero-order chi connectivity index (χ0) is 19.4. The number of rotatable bonds is 6. The summed E-state index contributed by atoms with van der Waals surface area (Å²) in [6.07, 6.45) is 2.45. The molecular weight excluding hydrogens is 450 g/mol. The van der Waals surface area contributed by atoms with Crippen LogP contribution in [-0.4, -0.2) is 26.4 Å². The first-order chi connectivity index (χ1) is 12.9. The molecule has 0 aliphatic heterocycles. The summed E-state index contributed by atoms with van der Waals surface area (Å²) in [4.78, 5) is 17.7. The van der Waals surface area contributed by atoms with Crippen LogP contribution in [0.5, 0.6) is 0 Å². The first-order valence-corrected chi connectivity index (χ1v) is 11.0. The molecule has 1 amide bonds. The summed E-state index contributed by atoms with van der Waals surface area (Å²) in [6, 6.07) is 13.8. The zero-order valence-electron chi connectivity index (χ0n) is 14.3. The Bertz CT molecular complexity index is 1060. The minimum absolute atomic E-state index is 0.0349. The number of benzene rings is 2. The first-order valence-electron chi connectivity index (χ1n) is 7.91. The normalized spacial score (nSPS) is 11.3. The third-order valence-corrected chi connectivity index (χ3v) is 6.59. The Morgan fingerprint density at radius 2 is 1.93 bits per heavy atom. The molecule has 1 aromatic heterocycles. The van der Waals surface area contributed by atoms with E-state index in [0.717, 1.165) is 21.3 Å². The molecule has 0 aliphatic carbocycles. The second-order valence-corrected chi connectivity index (χ2v) is 9.54. The van der Waals surface area contributed by atoms with E-state index in [1.165, 1.54) is 36.6 Å². The van der Waals surface area contributed by atoms with E-state index >= 15 is 0 Å². The predicted molar refractivity (Wildman–Crippen MR) is 110 cm³/mol. The van der Waals surface area contributed by atoms with Gasteiger partial charge in [0.1, 0.15) is 0 Å². The van der Waals surface area contributed by atoms with Crippen LogP contribution in [0.2, 0.25) is 0 Å². The minimum Gasteiger partial charge on any atom is -0.298 e. The van der Waals surface area contributed by atoms with Crippen LogP contribution < -0.4 is 10.0 Å². The van der Waals surface area contributed by atoms with Crippen LogP contribution in [0.3, 0.4) is 0 Å². The van der Waals surface area contributed by atoms with Crippen molar-refractivity contribution in [3.8, 4) is 0 Å². The maximum absolute atomic E-state index is 12.4. The van der Waals surface area contributed by atoms with Crippen molar-refractivity contribution in [3.63, 3.8) is 0 Å². The highest BCUT2D eigenvalue weighted by atomic mass is 79.9. The number of aromatic nitrogens is 1. The number of hydrogen-bond acceptors (Lipinski definition) is 5. The Hall–Kier alpha value is -2.07. The fourth-order valence-corrected chi connectivity index (χ4v) is 4.22. The summed E-state index contributed by atoms with van der Waals surface area (Å²) in [6.45, 7) is 0. The zero-order valence-corrected chi connectivity index (χ0v) is 17.5. The Morgan fingerprint density at radius 1 is 1.19 bits per heavy atom. The number of carbonyl (C=O) groups is 1. The molecule has 0 radical (unpaired) electrons. The number of thiazole rings is 1. The molecule has 0 spiro atoms. The fraction of sp³-hybridized carbons (Fsp3) is 0.111. The van der Waals surface area contributed by atoms with Gasteiger partial charge >= 0.3 is 0 Å². The maximum Gasteiger partial charge on any atom is 0.257 e. The second kappa shape index (κ2) is 8.30. The number of anilines is 1. The molecule has 0 fully saturated rings. The Labute approximate surface area is 169 Å². The third kappa shape index (κ3) is 5.01. The topological polar surface area (TPSA) is 88.2 Å². The predicted octanol–water partition coefficient (Wildman–Crippen LogP) is 3.66.